The topological polar surface area (TPSA) is 52.6 Å². The number of amidine groups is 1. The Morgan fingerprint density at radius 1 is 1.09 bits per heavy atom. The Bertz CT molecular complexity index is 1040. The Labute approximate surface area is 212 Å². The fraction of sp³-hybridized carbons (Fsp3) is 0.304. The second-order valence-corrected chi connectivity index (χ2v) is 8.92. The summed E-state index contributed by atoms with van der Waals surface area (Å²) in [4.78, 5) is 13.0. The third kappa shape index (κ3) is 5.74. The number of aryl methyl sites for hydroxylation is 2. The first-order valence-corrected chi connectivity index (χ1v) is 11.0. The normalized spacial score (nSPS) is 16.6. The number of pyridine rings is 1. The molecule has 1 saturated heterocycles. The number of aromatic nitrogens is 1. The highest BCUT2D eigenvalue weighted by Gasteiger charge is 2.27. The summed E-state index contributed by atoms with van der Waals surface area (Å²) in [5.74, 6) is 1.09. The van der Waals surface area contributed by atoms with E-state index in [0.717, 1.165) is 49.7 Å². The van der Waals surface area contributed by atoms with E-state index in [9.17, 15) is 0 Å². The number of nitrogens with zero attached hydrogens (tertiary/aromatic N) is 3. The Hall–Kier alpha value is -1.83. The van der Waals surface area contributed by atoms with Crippen LogP contribution in [-0.2, 0) is 6.42 Å². The quantitative estimate of drug-likeness (QED) is 0.468. The number of fused-ring (bicyclic) bond motifs is 2. The predicted molar refractivity (Wildman–Crippen MR) is 143 cm³/mol. The molecule has 0 unspecified atom stereocenters. The summed E-state index contributed by atoms with van der Waals surface area (Å²) in [6.07, 6.45) is 5.92. The molecule has 0 amide bonds. The molecule has 0 aliphatic carbocycles. The minimum absolute atomic E-state index is 0. The largest absolute Gasteiger partial charge is 0.353 e. The van der Waals surface area contributed by atoms with Crippen LogP contribution in [0, 0.1) is 6.92 Å². The monoisotopic (exact) mass is 511 g/mol. The molecule has 2 aromatic heterocycles. The van der Waals surface area contributed by atoms with Gasteiger partial charge in [-0.1, -0.05) is 12.1 Å². The average molecular weight is 513 g/mol. The number of halogens is 3. The maximum atomic E-state index is 5.12. The molecule has 32 heavy (non-hydrogen) atoms. The number of hydrogen-bond donors (Lipinski definition) is 2. The zero-order valence-corrected chi connectivity index (χ0v) is 21.0. The minimum Gasteiger partial charge on any atom is -0.353 e. The molecule has 2 aliphatic heterocycles. The second kappa shape index (κ2) is 11.9. The number of benzene rings is 1. The van der Waals surface area contributed by atoms with Gasteiger partial charge in [-0.25, -0.2) is 4.99 Å². The number of thiophene rings is 1. The van der Waals surface area contributed by atoms with E-state index in [2.05, 4.69) is 69.9 Å². The van der Waals surface area contributed by atoms with Crippen molar-refractivity contribution in [2.24, 2.45) is 4.99 Å². The van der Waals surface area contributed by atoms with Crippen molar-refractivity contribution in [3.8, 4) is 0 Å². The van der Waals surface area contributed by atoms with Crippen LogP contribution in [0.2, 0.25) is 0 Å². The van der Waals surface area contributed by atoms with Crippen molar-refractivity contribution >= 4 is 70.8 Å². The van der Waals surface area contributed by atoms with Crippen molar-refractivity contribution in [2.45, 2.75) is 25.8 Å². The first-order chi connectivity index (χ1) is 14.3. The lowest BCUT2D eigenvalue weighted by Crippen LogP contribution is -2.52. The van der Waals surface area contributed by atoms with E-state index >= 15 is 0 Å². The fourth-order valence-electron chi connectivity index (χ4n) is 4.09. The molecule has 1 fully saturated rings. The first kappa shape index (κ1) is 26.4. The molecular formula is C23H28Cl3N5S. The van der Waals surface area contributed by atoms with E-state index in [1.165, 1.54) is 21.0 Å². The first-order valence-electron chi connectivity index (χ1n) is 10.2. The molecular weight excluding hydrogens is 485 g/mol. The number of piperazine rings is 1. The maximum Gasteiger partial charge on any atom is 0.139 e. The highest BCUT2D eigenvalue weighted by Crippen LogP contribution is 2.39. The van der Waals surface area contributed by atoms with Gasteiger partial charge in [0.1, 0.15) is 10.8 Å². The lowest BCUT2D eigenvalue weighted by molar-refractivity contribution is 0.282. The van der Waals surface area contributed by atoms with E-state index in [4.69, 9.17) is 4.99 Å². The summed E-state index contributed by atoms with van der Waals surface area (Å²) in [6, 6.07) is 15.3. The maximum absolute atomic E-state index is 5.12. The van der Waals surface area contributed by atoms with Crippen LogP contribution in [-0.4, -0.2) is 41.4 Å². The zero-order valence-electron chi connectivity index (χ0n) is 17.8. The zero-order chi connectivity index (χ0) is 19.6. The number of hydrogen-bond acceptors (Lipinski definition) is 6. The van der Waals surface area contributed by atoms with Crippen molar-refractivity contribution in [3.05, 3.63) is 70.9 Å². The van der Waals surface area contributed by atoms with E-state index in [-0.39, 0.29) is 37.2 Å². The Morgan fingerprint density at radius 3 is 2.69 bits per heavy atom. The number of nitrogens with one attached hydrogen (secondary N) is 2. The average Bonchev–Trinajstić information content (AvgIpc) is 3.04. The molecule has 2 aliphatic rings. The van der Waals surface area contributed by atoms with E-state index in [0.29, 0.717) is 6.04 Å². The molecule has 0 saturated carbocycles. The van der Waals surface area contributed by atoms with Gasteiger partial charge in [-0.3, -0.25) is 4.98 Å². The van der Waals surface area contributed by atoms with Crippen LogP contribution in [0.15, 0.2) is 59.9 Å². The number of aliphatic imine (C=N–C) groups is 1. The molecule has 172 valence electrons. The number of rotatable bonds is 3. The highest BCUT2D eigenvalue weighted by molar-refractivity contribution is 7.16. The van der Waals surface area contributed by atoms with Gasteiger partial charge in [0.05, 0.1) is 16.9 Å². The van der Waals surface area contributed by atoms with E-state index < -0.39 is 0 Å². The number of para-hydroxylation sites is 2. The molecule has 5 rings (SSSR count). The SMILES string of the molecule is Cc1cc2c(s1)Nc1ccccc1N=C2N1CCN[C@@H](CCc2ccncc2)C1.Cl.Cl.Cl. The lowest BCUT2D eigenvalue weighted by Gasteiger charge is -2.35. The van der Waals surface area contributed by atoms with Crippen LogP contribution in [0.4, 0.5) is 16.4 Å². The van der Waals surface area contributed by atoms with Crippen molar-refractivity contribution in [1.29, 1.82) is 0 Å². The molecule has 1 aromatic carbocycles. The van der Waals surface area contributed by atoms with Gasteiger partial charge < -0.3 is 15.5 Å². The van der Waals surface area contributed by atoms with Gasteiger partial charge in [-0.05, 0) is 55.7 Å². The molecule has 0 radical (unpaired) electrons. The molecule has 2 N–H and O–H groups in total. The van der Waals surface area contributed by atoms with E-state index in [1.54, 1.807) is 11.3 Å². The highest BCUT2D eigenvalue weighted by atomic mass is 35.5. The van der Waals surface area contributed by atoms with Crippen molar-refractivity contribution in [2.75, 3.05) is 25.0 Å². The van der Waals surface area contributed by atoms with Gasteiger partial charge in [-0.15, -0.1) is 48.6 Å². The van der Waals surface area contributed by atoms with E-state index in [1.807, 2.05) is 12.4 Å². The molecule has 0 spiro atoms. The Balaban J connectivity index is 0.00000121. The minimum atomic E-state index is 0. The third-order valence-corrected chi connectivity index (χ3v) is 6.53. The van der Waals surface area contributed by atoms with Crippen molar-refractivity contribution < 1.29 is 0 Å². The van der Waals surface area contributed by atoms with Gasteiger partial charge in [0.2, 0.25) is 0 Å². The van der Waals surface area contributed by atoms with Gasteiger partial charge in [0.15, 0.2) is 0 Å². The second-order valence-electron chi connectivity index (χ2n) is 7.67. The van der Waals surface area contributed by atoms with Crippen LogP contribution < -0.4 is 10.6 Å². The molecule has 0 bridgehead atoms. The van der Waals surface area contributed by atoms with Crippen LogP contribution in [0.25, 0.3) is 0 Å². The Kier molecular flexibility index (Phi) is 9.80. The van der Waals surface area contributed by atoms with Gasteiger partial charge >= 0.3 is 0 Å². The molecule has 1 atom stereocenters. The van der Waals surface area contributed by atoms with Crippen LogP contribution in [0.5, 0.6) is 0 Å². The molecule has 9 heteroatoms. The predicted octanol–water partition coefficient (Wildman–Crippen LogP) is 5.76. The summed E-state index contributed by atoms with van der Waals surface area (Å²) in [6.45, 7) is 5.09. The molecule has 5 nitrogen and oxygen atoms in total. The fourth-order valence-corrected chi connectivity index (χ4v) is 5.01. The van der Waals surface area contributed by atoms with Gasteiger partial charge in [0, 0.05) is 42.9 Å². The van der Waals surface area contributed by atoms with Gasteiger partial charge in [-0.2, -0.15) is 0 Å². The summed E-state index contributed by atoms with van der Waals surface area (Å²) < 4.78 is 0. The van der Waals surface area contributed by atoms with Gasteiger partial charge in [0.25, 0.3) is 0 Å². The lowest BCUT2D eigenvalue weighted by atomic mass is 10.0. The van der Waals surface area contributed by atoms with Crippen LogP contribution >= 0.6 is 48.6 Å². The third-order valence-electron chi connectivity index (χ3n) is 5.56. The summed E-state index contributed by atoms with van der Waals surface area (Å²) in [7, 11) is 0. The standard InChI is InChI=1S/C23H25N5S.3ClH/c1-16-14-19-22(26-20-4-2-3-5-21(20)27-23(19)29-16)28-13-12-25-18(15-28)7-6-17-8-10-24-11-9-17;;;/h2-5,8-11,14,18,25,27H,6-7,12-13,15H2,1H3;3*1H/t18-;;;/m0.../s1. The smallest absolute Gasteiger partial charge is 0.139 e. The summed E-state index contributed by atoms with van der Waals surface area (Å²) in [5, 5.41) is 8.50. The van der Waals surface area contributed by atoms with Crippen LogP contribution in [0.3, 0.4) is 0 Å². The molecule has 4 heterocycles. The summed E-state index contributed by atoms with van der Waals surface area (Å²) >= 11 is 1.80. The van der Waals surface area contributed by atoms with Crippen molar-refractivity contribution in [3.63, 3.8) is 0 Å². The molecule has 3 aromatic rings. The number of anilines is 2. The van der Waals surface area contributed by atoms with Crippen LogP contribution in [0.1, 0.15) is 22.4 Å². The van der Waals surface area contributed by atoms with Crippen molar-refractivity contribution in [1.82, 2.24) is 15.2 Å². The summed E-state index contributed by atoms with van der Waals surface area (Å²) in [5.41, 5.74) is 4.66. The Morgan fingerprint density at radius 2 is 1.88 bits per heavy atom.